The van der Waals surface area contributed by atoms with Gasteiger partial charge in [-0.3, -0.25) is 0 Å². The van der Waals surface area contributed by atoms with Crippen molar-refractivity contribution >= 4 is 22.7 Å². The van der Waals surface area contributed by atoms with Crippen LogP contribution in [-0.2, 0) is 6.42 Å². The van der Waals surface area contributed by atoms with Gasteiger partial charge in [-0.15, -0.1) is 11.8 Å². The number of aliphatic hydroxyl groups excluding tert-OH is 1. The second kappa shape index (κ2) is 7.20. The van der Waals surface area contributed by atoms with E-state index < -0.39 is 0 Å². The Bertz CT molecular complexity index is 854. The monoisotopic (exact) mass is 344 g/mol. The highest BCUT2D eigenvalue weighted by Gasteiger charge is 2.17. The van der Waals surface area contributed by atoms with Gasteiger partial charge in [-0.1, -0.05) is 6.07 Å². The van der Waals surface area contributed by atoms with Gasteiger partial charge < -0.3 is 19.4 Å². The summed E-state index contributed by atoms with van der Waals surface area (Å²) in [4.78, 5) is 1.06. The number of methoxy groups -OCH3 is 1. The molecule has 0 atom stereocenters. The van der Waals surface area contributed by atoms with Gasteiger partial charge in [0.15, 0.2) is 11.5 Å². The molecule has 0 amide bonds. The molecule has 3 aromatic rings. The summed E-state index contributed by atoms with van der Waals surface area (Å²) in [5, 5.41) is 19.9. The minimum Gasteiger partial charge on any atom is -0.504 e. The average Bonchev–Trinajstić information content (AvgIpc) is 2.98. The summed E-state index contributed by atoms with van der Waals surface area (Å²) in [5.41, 5.74) is 2.87. The highest BCUT2D eigenvalue weighted by molar-refractivity contribution is 7.99. The summed E-state index contributed by atoms with van der Waals surface area (Å²) in [5.74, 6) is 1.30. The van der Waals surface area contributed by atoms with Gasteiger partial charge in [0.1, 0.15) is 11.3 Å². The van der Waals surface area contributed by atoms with E-state index in [0.29, 0.717) is 5.75 Å². The zero-order valence-electron chi connectivity index (χ0n) is 13.7. The van der Waals surface area contributed by atoms with Crippen LogP contribution in [0.25, 0.3) is 22.3 Å². The smallest absolute Gasteiger partial charge is 0.161 e. The number of hydrogen-bond donors (Lipinski definition) is 2. The molecule has 5 heteroatoms. The van der Waals surface area contributed by atoms with Crippen LogP contribution in [0.2, 0.25) is 0 Å². The Morgan fingerprint density at radius 3 is 2.71 bits per heavy atom. The molecular weight excluding hydrogens is 324 g/mol. The topological polar surface area (TPSA) is 62.8 Å². The van der Waals surface area contributed by atoms with Gasteiger partial charge in [0.05, 0.1) is 12.0 Å². The largest absolute Gasteiger partial charge is 0.504 e. The maximum Gasteiger partial charge on any atom is 0.161 e. The number of hydrogen-bond acceptors (Lipinski definition) is 5. The van der Waals surface area contributed by atoms with Crippen molar-refractivity contribution < 1.29 is 19.4 Å². The first kappa shape index (κ1) is 16.7. The summed E-state index contributed by atoms with van der Waals surface area (Å²) in [6.07, 6.45) is 3.61. The van der Waals surface area contributed by atoms with Crippen molar-refractivity contribution in [2.24, 2.45) is 0 Å². The van der Waals surface area contributed by atoms with Crippen LogP contribution in [-0.4, -0.2) is 30.2 Å². The van der Waals surface area contributed by atoms with Gasteiger partial charge in [-0.2, -0.15) is 0 Å². The Hall–Kier alpha value is -2.11. The lowest BCUT2D eigenvalue weighted by molar-refractivity contribution is 0.288. The van der Waals surface area contributed by atoms with Gasteiger partial charge in [0, 0.05) is 17.6 Å². The molecular formula is C19H20O4S. The molecule has 0 aliphatic heterocycles. The number of furan rings is 1. The van der Waals surface area contributed by atoms with E-state index in [0.717, 1.165) is 40.0 Å². The second-order valence-electron chi connectivity index (χ2n) is 5.51. The number of rotatable bonds is 6. The van der Waals surface area contributed by atoms with Crippen molar-refractivity contribution in [3.05, 3.63) is 42.0 Å². The lowest BCUT2D eigenvalue weighted by Gasteiger charge is -2.06. The molecule has 0 aliphatic carbocycles. The SMILES string of the molecule is COc1cc(-c2oc3ccc(CCCO)cc3c2SC)ccc1O. The Morgan fingerprint density at radius 1 is 1.17 bits per heavy atom. The van der Waals surface area contributed by atoms with E-state index in [4.69, 9.17) is 14.3 Å². The van der Waals surface area contributed by atoms with Crippen molar-refractivity contribution in [2.75, 3.05) is 20.0 Å². The predicted molar refractivity (Wildman–Crippen MR) is 97.1 cm³/mol. The third kappa shape index (κ3) is 3.09. The van der Waals surface area contributed by atoms with E-state index in [1.807, 2.05) is 24.5 Å². The number of fused-ring (bicyclic) bond motifs is 1. The maximum atomic E-state index is 9.79. The number of phenolic OH excluding ortho intramolecular Hbond substituents is 1. The molecule has 2 N–H and O–H groups in total. The van der Waals surface area contributed by atoms with Crippen LogP contribution in [0.3, 0.4) is 0 Å². The van der Waals surface area contributed by atoms with Crippen LogP contribution in [0.4, 0.5) is 0 Å². The zero-order chi connectivity index (χ0) is 17.1. The van der Waals surface area contributed by atoms with E-state index in [-0.39, 0.29) is 12.4 Å². The zero-order valence-corrected chi connectivity index (χ0v) is 14.5. The summed E-state index contributed by atoms with van der Waals surface area (Å²) in [7, 11) is 1.53. The number of aromatic hydroxyl groups is 1. The lowest BCUT2D eigenvalue weighted by Crippen LogP contribution is -1.88. The summed E-state index contributed by atoms with van der Waals surface area (Å²) in [6, 6.07) is 11.3. The van der Waals surface area contributed by atoms with E-state index in [2.05, 4.69) is 6.07 Å². The first-order chi connectivity index (χ1) is 11.7. The van der Waals surface area contributed by atoms with Crippen LogP contribution in [0.15, 0.2) is 45.7 Å². The van der Waals surface area contributed by atoms with Crippen LogP contribution in [0.5, 0.6) is 11.5 Å². The fourth-order valence-electron chi connectivity index (χ4n) is 2.77. The van der Waals surface area contributed by atoms with Crippen LogP contribution >= 0.6 is 11.8 Å². The van der Waals surface area contributed by atoms with Crippen molar-refractivity contribution in [1.82, 2.24) is 0 Å². The number of benzene rings is 2. The predicted octanol–water partition coefficient (Wildman–Crippen LogP) is 4.46. The number of aryl methyl sites for hydroxylation is 1. The number of ether oxygens (including phenoxy) is 1. The van der Waals surface area contributed by atoms with Crippen molar-refractivity contribution in [2.45, 2.75) is 17.7 Å². The molecule has 3 rings (SSSR count). The quantitative estimate of drug-likeness (QED) is 0.646. The molecule has 0 spiro atoms. The fraction of sp³-hybridized carbons (Fsp3) is 0.263. The van der Waals surface area contributed by atoms with Gasteiger partial charge in [0.25, 0.3) is 0 Å². The highest BCUT2D eigenvalue weighted by atomic mass is 32.2. The molecule has 1 aromatic heterocycles. The second-order valence-corrected chi connectivity index (χ2v) is 6.33. The Morgan fingerprint density at radius 2 is 2.00 bits per heavy atom. The molecule has 0 unspecified atom stereocenters. The Kier molecular flexibility index (Phi) is 5.02. The number of aliphatic hydroxyl groups is 1. The molecule has 126 valence electrons. The van der Waals surface area contributed by atoms with E-state index in [1.165, 1.54) is 12.7 Å². The molecule has 0 bridgehead atoms. The normalized spacial score (nSPS) is 11.1. The molecule has 1 heterocycles. The van der Waals surface area contributed by atoms with E-state index >= 15 is 0 Å². The van der Waals surface area contributed by atoms with Gasteiger partial charge in [-0.25, -0.2) is 0 Å². The van der Waals surface area contributed by atoms with E-state index in [9.17, 15) is 5.11 Å². The standard InChI is InChI=1S/C19H20O4S/c1-22-17-11-13(6-7-15(17)21)18-19(24-2)14-10-12(4-3-9-20)5-8-16(14)23-18/h5-8,10-11,20-21H,3-4,9H2,1-2H3. The molecule has 4 nitrogen and oxygen atoms in total. The van der Waals surface area contributed by atoms with Crippen molar-refractivity contribution in [1.29, 1.82) is 0 Å². The maximum absolute atomic E-state index is 9.79. The fourth-order valence-corrected chi connectivity index (χ4v) is 3.50. The van der Waals surface area contributed by atoms with Crippen LogP contribution in [0.1, 0.15) is 12.0 Å². The van der Waals surface area contributed by atoms with Crippen molar-refractivity contribution in [3.8, 4) is 22.8 Å². The van der Waals surface area contributed by atoms with Crippen LogP contribution in [0, 0.1) is 0 Å². The van der Waals surface area contributed by atoms with E-state index in [1.54, 1.807) is 23.9 Å². The molecule has 0 aliphatic rings. The lowest BCUT2D eigenvalue weighted by atomic mass is 10.1. The minimum absolute atomic E-state index is 0.106. The summed E-state index contributed by atoms with van der Waals surface area (Å²) >= 11 is 1.63. The molecule has 0 radical (unpaired) electrons. The summed E-state index contributed by atoms with van der Waals surface area (Å²) < 4.78 is 11.3. The first-order valence-electron chi connectivity index (χ1n) is 7.75. The van der Waals surface area contributed by atoms with Crippen molar-refractivity contribution in [3.63, 3.8) is 0 Å². The van der Waals surface area contributed by atoms with Crippen LogP contribution < -0.4 is 4.74 Å². The molecule has 0 saturated heterocycles. The number of thioether (sulfide) groups is 1. The van der Waals surface area contributed by atoms with Gasteiger partial charge in [0.2, 0.25) is 0 Å². The third-order valence-electron chi connectivity index (χ3n) is 3.98. The summed E-state index contributed by atoms with van der Waals surface area (Å²) in [6.45, 7) is 0.192. The van der Waals surface area contributed by atoms with Gasteiger partial charge in [-0.05, 0) is 55.0 Å². The Balaban J connectivity index is 2.11. The highest BCUT2D eigenvalue weighted by Crippen LogP contribution is 2.41. The van der Waals surface area contributed by atoms with Gasteiger partial charge >= 0.3 is 0 Å². The molecule has 0 saturated carbocycles. The molecule has 2 aromatic carbocycles. The molecule has 0 fully saturated rings. The Labute approximate surface area is 145 Å². The number of phenols is 1. The minimum atomic E-state index is 0.106. The molecule has 24 heavy (non-hydrogen) atoms. The average molecular weight is 344 g/mol. The first-order valence-corrected chi connectivity index (χ1v) is 8.98. The third-order valence-corrected chi connectivity index (χ3v) is 4.79.